The Hall–Kier alpha value is -1.51. The highest BCUT2D eigenvalue weighted by molar-refractivity contribution is 5.70. The SMILES string of the molecule is Cc1ccccc1N(C)CC(C)C(=O)O. The number of anilines is 1. The first-order valence-electron chi connectivity index (χ1n) is 5.02. The van der Waals surface area contributed by atoms with Crippen LogP contribution in [-0.4, -0.2) is 24.7 Å². The molecular weight excluding hydrogens is 190 g/mol. The van der Waals surface area contributed by atoms with Crippen LogP contribution in [0.5, 0.6) is 0 Å². The maximum Gasteiger partial charge on any atom is 0.308 e. The molecule has 15 heavy (non-hydrogen) atoms. The molecule has 0 spiro atoms. The fraction of sp³-hybridized carbons (Fsp3) is 0.417. The highest BCUT2D eigenvalue weighted by atomic mass is 16.4. The number of carboxylic acids is 1. The van der Waals surface area contributed by atoms with E-state index in [4.69, 9.17) is 5.11 Å². The number of carbonyl (C=O) groups is 1. The molecule has 0 aliphatic carbocycles. The number of hydrogen-bond acceptors (Lipinski definition) is 2. The van der Waals surface area contributed by atoms with Gasteiger partial charge in [-0.1, -0.05) is 25.1 Å². The maximum atomic E-state index is 10.7. The molecule has 0 bridgehead atoms. The van der Waals surface area contributed by atoms with Gasteiger partial charge >= 0.3 is 5.97 Å². The summed E-state index contributed by atoms with van der Waals surface area (Å²) in [5.41, 5.74) is 2.25. The molecular formula is C12H17NO2. The lowest BCUT2D eigenvalue weighted by Crippen LogP contribution is -2.28. The summed E-state index contributed by atoms with van der Waals surface area (Å²) in [6, 6.07) is 7.97. The highest BCUT2D eigenvalue weighted by Gasteiger charge is 2.14. The van der Waals surface area contributed by atoms with Crippen LogP contribution >= 0.6 is 0 Å². The van der Waals surface area contributed by atoms with Crippen molar-refractivity contribution in [1.82, 2.24) is 0 Å². The molecule has 3 nitrogen and oxygen atoms in total. The second kappa shape index (κ2) is 4.82. The van der Waals surface area contributed by atoms with Gasteiger partial charge in [-0.2, -0.15) is 0 Å². The van der Waals surface area contributed by atoms with Gasteiger partial charge in [0.05, 0.1) is 5.92 Å². The fourth-order valence-electron chi connectivity index (χ4n) is 1.58. The summed E-state index contributed by atoms with van der Waals surface area (Å²) in [5.74, 6) is -1.11. The third-order valence-corrected chi connectivity index (χ3v) is 2.50. The number of nitrogens with zero attached hydrogens (tertiary/aromatic N) is 1. The summed E-state index contributed by atoms with van der Waals surface area (Å²) < 4.78 is 0. The highest BCUT2D eigenvalue weighted by Crippen LogP contribution is 2.18. The van der Waals surface area contributed by atoms with Gasteiger partial charge in [0.25, 0.3) is 0 Å². The van der Waals surface area contributed by atoms with E-state index >= 15 is 0 Å². The van der Waals surface area contributed by atoms with Crippen molar-refractivity contribution in [2.24, 2.45) is 5.92 Å². The molecule has 0 aliphatic rings. The molecule has 82 valence electrons. The van der Waals surface area contributed by atoms with Crippen LogP contribution in [0.3, 0.4) is 0 Å². The molecule has 0 aromatic heterocycles. The van der Waals surface area contributed by atoms with Crippen LogP contribution in [-0.2, 0) is 4.79 Å². The van der Waals surface area contributed by atoms with Crippen molar-refractivity contribution in [3.05, 3.63) is 29.8 Å². The average Bonchev–Trinajstić information content (AvgIpc) is 2.18. The molecule has 0 aliphatic heterocycles. The summed E-state index contributed by atoms with van der Waals surface area (Å²) >= 11 is 0. The maximum absolute atomic E-state index is 10.7. The Bertz CT molecular complexity index is 349. The monoisotopic (exact) mass is 207 g/mol. The number of rotatable bonds is 4. The van der Waals surface area contributed by atoms with E-state index in [0.717, 1.165) is 11.3 Å². The molecule has 1 aromatic rings. The Labute approximate surface area is 90.3 Å². The Kier molecular flexibility index (Phi) is 3.72. The summed E-state index contributed by atoms with van der Waals surface area (Å²) in [6.07, 6.45) is 0. The van der Waals surface area contributed by atoms with E-state index in [1.807, 2.05) is 43.1 Å². The first-order chi connectivity index (χ1) is 7.02. The minimum atomic E-state index is -0.754. The van der Waals surface area contributed by atoms with Gasteiger partial charge < -0.3 is 10.0 Å². The molecule has 3 heteroatoms. The van der Waals surface area contributed by atoms with E-state index in [2.05, 4.69) is 0 Å². The molecule has 1 N–H and O–H groups in total. The molecule has 1 aromatic carbocycles. The van der Waals surface area contributed by atoms with Crippen molar-refractivity contribution >= 4 is 11.7 Å². The molecule has 1 rings (SSSR count). The van der Waals surface area contributed by atoms with Gasteiger partial charge in [-0.3, -0.25) is 4.79 Å². The lowest BCUT2D eigenvalue weighted by Gasteiger charge is -2.23. The van der Waals surface area contributed by atoms with Gasteiger partial charge in [0, 0.05) is 19.3 Å². The molecule has 0 amide bonds. The summed E-state index contributed by atoms with van der Waals surface area (Å²) in [5, 5.41) is 8.82. The second-order valence-corrected chi connectivity index (χ2v) is 3.91. The predicted molar refractivity (Wildman–Crippen MR) is 61.2 cm³/mol. The van der Waals surface area contributed by atoms with E-state index in [1.54, 1.807) is 6.92 Å². The van der Waals surface area contributed by atoms with Crippen LogP contribution in [0.25, 0.3) is 0 Å². The minimum absolute atomic E-state index is 0.352. The van der Waals surface area contributed by atoms with Gasteiger partial charge in [-0.05, 0) is 18.6 Å². The summed E-state index contributed by atoms with van der Waals surface area (Å²) in [7, 11) is 1.92. The van der Waals surface area contributed by atoms with Crippen molar-refractivity contribution in [2.75, 3.05) is 18.5 Å². The van der Waals surface area contributed by atoms with Crippen LogP contribution in [0.4, 0.5) is 5.69 Å². The van der Waals surface area contributed by atoms with E-state index in [9.17, 15) is 4.79 Å². The average molecular weight is 207 g/mol. The summed E-state index contributed by atoms with van der Waals surface area (Å²) in [6.45, 7) is 4.27. The van der Waals surface area contributed by atoms with Crippen molar-refractivity contribution in [2.45, 2.75) is 13.8 Å². The standard InChI is InChI=1S/C12H17NO2/c1-9-6-4-5-7-11(9)13(3)8-10(2)12(14)15/h4-7,10H,8H2,1-3H3,(H,14,15). The molecule has 1 atom stereocenters. The van der Waals surface area contributed by atoms with Crippen molar-refractivity contribution in [3.63, 3.8) is 0 Å². The normalized spacial score (nSPS) is 12.2. The van der Waals surface area contributed by atoms with E-state index in [0.29, 0.717) is 6.54 Å². The van der Waals surface area contributed by atoms with Crippen LogP contribution in [0.15, 0.2) is 24.3 Å². The Balaban J connectivity index is 2.73. The van der Waals surface area contributed by atoms with Crippen molar-refractivity contribution < 1.29 is 9.90 Å². The minimum Gasteiger partial charge on any atom is -0.481 e. The number of benzene rings is 1. The lowest BCUT2D eigenvalue weighted by molar-refractivity contribution is -0.140. The van der Waals surface area contributed by atoms with Crippen LogP contribution in [0.2, 0.25) is 0 Å². The first-order valence-corrected chi connectivity index (χ1v) is 5.02. The number of aliphatic carboxylic acids is 1. The van der Waals surface area contributed by atoms with E-state index in [1.165, 1.54) is 0 Å². The molecule has 0 fully saturated rings. The number of para-hydroxylation sites is 1. The van der Waals surface area contributed by atoms with E-state index < -0.39 is 5.97 Å². The third-order valence-electron chi connectivity index (χ3n) is 2.50. The molecule has 0 saturated carbocycles. The van der Waals surface area contributed by atoms with Crippen LogP contribution in [0.1, 0.15) is 12.5 Å². The zero-order valence-electron chi connectivity index (χ0n) is 9.40. The molecule has 1 unspecified atom stereocenters. The quantitative estimate of drug-likeness (QED) is 0.822. The Morgan fingerprint density at radius 2 is 2.07 bits per heavy atom. The molecule has 0 radical (unpaired) electrons. The molecule has 0 heterocycles. The van der Waals surface area contributed by atoms with Gasteiger partial charge in [0.1, 0.15) is 0 Å². The van der Waals surface area contributed by atoms with Gasteiger partial charge in [0.15, 0.2) is 0 Å². The number of aryl methyl sites for hydroxylation is 1. The van der Waals surface area contributed by atoms with Crippen LogP contribution in [0, 0.1) is 12.8 Å². The predicted octanol–water partition coefficient (Wildman–Crippen LogP) is 2.15. The van der Waals surface area contributed by atoms with Gasteiger partial charge in [0.2, 0.25) is 0 Å². The summed E-state index contributed by atoms with van der Waals surface area (Å²) in [4.78, 5) is 12.7. The molecule has 0 saturated heterocycles. The zero-order chi connectivity index (χ0) is 11.4. The van der Waals surface area contributed by atoms with E-state index in [-0.39, 0.29) is 5.92 Å². The zero-order valence-corrected chi connectivity index (χ0v) is 9.40. The van der Waals surface area contributed by atoms with Crippen LogP contribution < -0.4 is 4.90 Å². The van der Waals surface area contributed by atoms with Gasteiger partial charge in [-0.25, -0.2) is 0 Å². The van der Waals surface area contributed by atoms with Crippen molar-refractivity contribution in [3.8, 4) is 0 Å². The second-order valence-electron chi connectivity index (χ2n) is 3.91. The fourth-order valence-corrected chi connectivity index (χ4v) is 1.58. The lowest BCUT2D eigenvalue weighted by atomic mass is 10.1. The first kappa shape index (κ1) is 11.6. The van der Waals surface area contributed by atoms with Gasteiger partial charge in [-0.15, -0.1) is 0 Å². The largest absolute Gasteiger partial charge is 0.481 e. The number of hydrogen-bond donors (Lipinski definition) is 1. The smallest absolute Gasteiger partial charge is 0.308 e. The van der Waals surface area contributed by atoms with Crippen molar-refractivity contribution in [1.29, 1.82) is 0 Å². The Morgan fingerprint density at radius 1 is 1.47 bits per heavy atom. The topological polar surface area (TPSA) is 40.5 Å². The third kappa shape index (κ3) is 2.98. The Morgan fingerprint density at radius 3 is 2.60 bits per heavy atom. The number of carboxylic acid groups (broad SMARTS) is 1.